The van der Waals surface area contributed by atoms with Crippen molar-refractivity contribution in [3.63, 3.8) is 0 Å². The summed E-state index contributed by atoms with van der Waals surface area (Å²) in [6.07, 6.45) is 2.02. The quantitative estimate of drug-likeness (QED) is 0.309. The molecule has 0 radical (unpaired) electrons. The number of carbonyl (C=O) groups excluding carboxylic acids is 1. The molecule has 0 N–H and O–H groups in total. The number of hydrogen-bond donors (Lipinski definition) is 0. The Kier molecular flexibility index (Phi) is 8.36. The highest BCUT2D eigenvalue weighted by Crippen LogP contribution is 2.39. The lowest BCUT2D eigenvalue weighted by atomic mass is 9.84. The number of alkyl halides is 1. The van der Waals surface area contributed by atoms with Crippen LogP contribution in [0.4, 0.5) is 0 Å². The first-order chi connectivity index (χ1) is 12.4. The number of hydrogen-bond acceptors (Lipinski definition) is 4. The number of halogens is 1. The lowest BCUT2D eigenvalue weighted by Gasteiger charge is -2.43. The number of esters is 1. The smallest absolute Gasteiger partial charge is 0.324 e. The Morgan fingerprint density at radius 3 is 2.69 bits per heavy atom. The summed E-state index contributed by atoms with van der Waals surface area (Å²) in [6, 6.07) is 10.2. The van der Waals surface area contributed by atoms with Gasteiger partial charge in [-0.15, -0.1) is 0 Å². The average Bonchev–Trinajstić information content (AvgIpc) is 2.63. The van der Waals surface area contributed by atoms with E-state index in [2.05, 4.69) is 48.6 Å². The van der Waals surface area contributed by atoms with E-state index in [-0.39, 0.29) is 24.1 Å². The molecule has 146 valence electrons. The first-order valence-electron chi connectivity index (χ1n) is 9.49. The Labute approximate surface area is 171 Å². The molecule has 1 heterocycles. The number of ether oxygens (including phenoxy) is 3. The second-order valence-electron chi connectivity index (χ2n) is 7.42. The molecule has 2 rings (SSSR count). The van der Waals surface area contributed by atoms with Gasteiger partial charge in [-0.25, -0.2) is 0 Å². The molecule has 0 spiro atoms. The normalized spacial score (nSPS) is 26.7. The van der Waals surface area contributed by atoms with E-state index < -0.39 is 3.42 Å². The van der Waals surface area contributed by atoms with E-state index in [9.17, 15) is 4.79 Å². The zero-order valence-corrected chi connectivity index (χ0v) is 18.4. The summed E-state index contributed by atoms with van der Waals surface area (Å²) in [7, 11) is 0. The molecule has 5 heteroatoms. The second kappa shape index (κ2) is 10.0. The molecule has 0 unspecified atom stereocenters. The van der Waals surface area contributed by atoms with E-state index in [4.69, 9.17) is 14.2 Å². The Morgan fingerprint density at radius 2 is 2.04 bits per heavy atom. The maximum Gasteiger partial charge on any atom is 0.324 e. The zero-order chi connectivity index (χ0) is 19.2. The van der Waals surface area contributed by atoms with Crippen LogP contribution >= 0.6 is 22.6 Å². The van der Waals surface area contributed by atoms with Gasteiger partial charge in [0.25, 0.3) is 0 Å². The molecule has 0 bridgehead atoms. The summed E-state index contributed by atoms with van der Waals surface area (Å²) in [6.45, 7) is 9.75. The molecule has 1 saturated heterocycles. The van der Waals surface area contributed by atoms with Crippen molar-refractivity contribution in [2.75, 3.05) is 13.2 Å². The molecule has 0 aromatic heterocycles. The third kappa shape index (κ3) is 5.67. The summed E-state index contributed by atoms with van der Waals surface area (Å²) >= 11 is 2.20. The molecule has 26 heavy (non-hydrogen) atoms. The molecule has 1 fully saturated rings. The van der Waals surface area contributed by atoms with E-state index in [1.54, 1.807) is 0 Å². The predicted octanol–water partition coefficient (Wildman–Crippen LogP) is 4.78. The van der Waals surface area contributed by atoms with Crippen LogP contribution in [0, 0.1) is 11.8 Å². The van der Waals surface area contributed by atoms with Crippen LogP contribution in [-0.4, -0.2) is 34.8 Å². The maximum absolute atomic E-state index is 12.4. The van der Waals surface area contributed by atoms with Crippen LogP contribution in [-0.2, 0) is 25.6 Å². The minimum atomic E-state index is -0.670. The molecule has 0 amide bonds. The molecule has 5 atom stereocenters. The van der Waals surface area contributed by atoms with E-state index in [0.29, 0.717) is 25.7 Å². The van der Waals surface area contributed by atoms with Gasteiger partial charge in [-0.05, 0) is 38.2 Å². The lowest BCUT2D eigenvalue weighted by molar-refractivity contribution is -0.161. The Balaban J connectivity index is 1.90. The van der Waals surface area contributed by atoms with Crippen LogP contribution in [0.5, 0.6) is 0 Å². The highest BCUT2D eigenvalue weighted by molar-refractivity contribution is 14.1. The van der Waals surface area contributed by atoms with Gasteiger partial charge in [0, 0.05) is 5.92 Å². The first kappa shape index (κ1) is 21.6. The molecule has 0 aliphatic carbocycles. The summed E-state index contributed by atoms with van der Waals surface area (Å²) in [4.78, 5) is 12.4. The topological polar surface area (TPSA) is 44.8 Å². The zero-order valence-electron chi connectivity index (χ0n) is 16.2. The molecule has 1 aliphatic rings. The first-order valence-corrected chi connectivity index (χ1v) is 10.6. The van der Waals surface area contributed by atoms with Crippen molar-refractivity contribution in [1.82, 2.24) is 0 Å². The van der Waals surface area contributed by atoms with Gasteiger partial charge in [-0.3, -0.25) is 4.79 Å². The Hall–Kier alpha value is -0.660. The van der Waals surface area contributed by atoms with Gasteiger partial charge < -0.3 is 14.2 Å². The standard InChI is InChI=1S/C21H31IO4/c1-5-25-20(23)21(4,22)19-15(2)11-12-18(26-19)16(3)13-24-14-17-9-7-6-8-10-17/h6-10,15-16,18-19H,5,11-14H2,1-4H3/t15-,16+,18-,19-,21-/m0/s1. The minimum absolute atomic E-state index is 0.107. The van der Waals surface area contributed by atoms with Gasteiger partial charge >= 0.3 is 5.97 Å². The summed E-state index contributed by atoms with van der Waals surface area (Å²) in [5.41, 5.74) is 1.18. The van der Waals surface area contributed by atoms with Crippen molar-refractivity contribution in [2.24, 2.45) is 11.8 Å². The lowest BCUT2D eigenvalue weighted by Crippen LogP contribution is -2.52. The fourth-order valence-electron chi connectivity index (χ4n) is 3.48. The van der Waals surface area contributed by atoms with E-state index in [1.807, 2.05) is 32.0 Å². The number of benzene rings is 1. The van der Waals surface area contributed by atoms with Gasteiger partial charge in [0.15, 0.2) is 0 Å². The van der Waals surface area contributed by atoms with Crippen molar-refractivity contribution in [3.8, 4) is 0 Å². The van der Waals surface area contributed by atoms with Crippen LogP contribution in [0.25, 0.3) is 0 Å². The molecular formula is C21H31IO4. The van der Waals surface area contributed by atoms with Crippen molar-refractivity contribution >= 4 is 28.6 Å². The van der Waals surface area contributed by atoms with Crippen LogP contribution in [0.1, 0.15) is 46.1 Å². The fraction of sp³-hybridized carbons (Fsp3) is 0.667. The number of carbonyl (C=O) groups is 1. The SMILES string of the molecule is CCOC(=O)[C@@](C)(I)[C@H]1O[C@H]([C@H](C)COCc2ccccc2)CC[C@@H]1C. The van der Waals surface area contributed by atoms with Gasteiger partial charge in [0.2, 0.25) is 0 Å². The summed E-state index contributed by atoms with van der Waals surface area (Å²) in [5.74, 6) is 0.421. The van der Waals surface area contributed by atoms with Gasteiger partial charge in [0.1, 0.15) is 3.42 Å². The molecule has 1 aliphatic heterocycles. The molecule has 4 nitrogen and oxygen atoms in total. The highest BCUT2D eigenvalue weighted by Gasteiger charge is 2.47. The van der Waals surface area contributed by atoms with Gasteiger partial charge in [-0.2, -0.15) is 0 Å². The molecule has 0 saturated carbocycles. The maximum atomic E-state index is 12.4. The van der Waals surface area contributed by atoms with E-state index in [1.165, 1.54) is 5.56 Å². The summed E-state index contributed by atoms with van der Waals surface area (Å²) in [5, 5.41) is 0. The van der Waals surface area contributed by atoms with Crippen LogP contribution in [0.2, 0.25) is 0 Å². The summed E-state index contributed by atoms with van der Waals surface area (Å²) < 4.78 is 16.9. The van der Waals surface area contributed by atoms with Crippen molar-refractivity contribution < 1.29 is 19.0 Å². The number of rotatable bonds is 8. The third-order valence-electron chi connectivity index (χ3n) is 5.08. The second-order valence-corrected chi connectivity index (χ2v) is 9.66. The van der Waals surface area contributed by atoms with Crippen LogP contribution in [0.15, 0.2) is 30.3 Å². The highest BCUT2D eigenvalue weighted by atomic mass is 127. The van der Waals surface area contributed by atoms with Crippen molar-refractivity contribution in [3.05, 3.63) is 35.9 Å². The predicted molar refractivity (Wildman–Crippen MR) is 111 cm³/mol. The monoisotopic (exact) mass is 474 g/mol. The van der Waals surface area contributed by atoms with Gasteiger partial charge in [0.05, 0.1) is 32.0 Å². The molecular weight excluding hydrogens is 443 g/mol. The molecule has 1 aromatic rings. The van der Waals surface area contributed by atoms with Crippen molar-refractivity contribution in [1.29, 1.82) is 0 Å². The minimum Gasteiger partial charge on any atom is -0.465 e. The van der Waals surface area contributed by atoms with Gasteiger partial charge in [-0.1, -0.05) is 66.8 Å². The van der Waals surface area contributed by atoms with Crippen molar-refractivity contribution in [2.45, 2.75) is 62.8 Å². The average molecular weight is 474 g/mol. The van der Waals surface area contributed by atoms with Crippen LogP contribution < -0.4 is 0 Å². The fourth-order valence-corrected chi connectivity index (χ4v) is 4.40. The molecule has 1 aromatic carbocycles. The largest absolute Gasteiger partial charge is 0.465 e. The van der Waals surface area contributed by atoms with Crippen LogP contribution in [0.3, 0.4) is 0 Å². The van der Waals surface area contributed by atoms with E-state index >= 15 is 0 Å². The third-order valence-corrected chi connectivity index (χ3v) is 6.13. The Morgan fingerprint density at radius 1 is 1.35 bits per heavy atom. The Bertz CT molecular complexity index is 560. The van der Waals surface area contributed by atoms with E-state index in [0.717, 1.165) is 12.8 Å².